The summed E-state index contributed by atoms with van der Waals surface area (Å²) in [5, 5.41) is -0.868. The van der Waals surface area contributed by atoms with Gasteiger partial charge in [0.1, 0.15) is 5.03 Å². The standard InChI is InChI=1S/C11H15N3O4S/c1-3-17-10(15)7(11(16)18-4-2)19-9-8(12)13-5-6-14-9/h5-7H,3-4H2,1-2H3,(H2,12,13). The number of carbonyl (C=O) groups is 2. The van der Waals surface area contributed by atoms with Crippen LogP contribution in [0.5, 0.6) is 0 Å². The summed E-state index contributed by atoms with van der Waals surface area (Å²) in [5.41, 5.74) is 5.62. The van der Waals surface area contributed by atoms with E-state index in [9.17, 15) is 9.59 Å². The van der Waals surface area contributed by atoms with Crippen molar-refractivity contribution in [3.8, 4) is 0 Å². The van der Waals surface area contributed by atoms with E-state index in [1.54, 1.807) is 13.8 Å². The van der Waals surface area contributed by atoms with E-state index in [4.69, 9.17) is 15.2 Å². The van der Waals surface area contributed by atoms with Gasteiger partial charge in [0.2, 0.25) is 5.25 Å². The lowest BCUT2D eigenvalue weighted by Crippen LogP contribution is -2.31. The zero-order chi connectivity index (χ0) is 14.3. The summed E-state index contributed by atoms with van der Waals surface area (Å²) in [6, 6.07) is 0. The van der Waals surface area contributed by atoms with Gasteiger partial charge in [0.25, 0.3) is 0 Å². The zero-order valence-corrected chi connectivity index (χ0v) is 11.5. The van der Waals surface area contributed by atoms with E-state index in [-0.39, 0.29) is 24.1 Å². The molecule has 0 aromatic carbocycles. The molecule has 1 heterocycles. The predicted molar refractivity (Wildman–Crippen MR) is 69.4 cm³/mol. The Labute approximate surface area is 114 Å². The van der Waals surface area contributed by atoms with Gasteiger partial charge in [0.05, 0.1) is 13.2 Å². The number of anilines is 1. The molecule has 19 heavy (non-hydrogen) atoms. The first-order valence-corrected chi connectivity index (χ1v) is 6.54. The van der Waals surface area contributed by atoms with Crippen LogP contribution in [0.2, 0.25) is 0 Å². The Bertz CT molecular complexity index is 437. The lowest BCUT2D eigenvalue weighted by atomic mass is 10.4. The molecule has 0 radical (unpaired) electrons. The second-order valence-corrected chi connectivity index (χ2v) is 4.34. The molecule has 1 aromatic rings. The van der Waals surface area contributed by atoms with Crippen molar-refractivity contribution < 1.29 is 19.1 Å². The van der Waals surface area contributed by atoms with Gasteiger partial charge < -0.3 is 15.2 Å². The van der Waals surface area contributed by atoms with Crippen LogP contribution in [0.1, 0.15) is 13.8 Å². The number of carbonyl (C=O) groups excluding carboxylic acids is 2. The Morgan fingerprint density at radius 3 is 2.21 bits per heavy atom. The first-order chi connectivity index (χ1) is 9.10. The van der Waals surface area contributed by atoms with Crippen molar-refractivity contribution in [1.29, 1.82) is 0 Å². The van der Waals surface area contributed by atoms with Crippen LogP contribution < -0.4 is 5.73 Å². The number of hydrogen-bond donors (Lipinski definition) is 1. The first kappa shape index (κ1) is 15.2. The van der Waals surface area contributed by atoms with Crippen molar-refractivity contribution in [2.45, 2.75) is 24.1 Å². The Kier molecular flexibility index (Phi) is 6.07. The Balaban J connectivity index is 2.88. The molecule has 0 fully saturated rings. The maximum Gasteiger partial charge on any atom is 0.331 e. The Hall–Kier alpha value is -1.83. The molecule has 0 bridgehead atoms. The molecule has 1 aromatic heterocycles. The third-order valence-electron chi connectivity index (χ3n) is 1.92. The molecule has 0 aliphatic carbocycles. The third kappa shape index (κ3) is 4.40. The van der Waals surface area contributed by atoms with Crippen LogP contribution in [0.25, 0.3) is 0 Å². The summed E-state index contributed by atoms with van der Waals surface area (Å²) in [6.07, 6.45) is 2.84. The number of nitrogens with zero attached hydrogens (tertiary/aromatic N) is 2. The fourth-order valence-corrected chi connectivity index (χ4v) is 2.01. The van der Waals surface area contributed by atoms with E-state index in [1.165, 1.54) is 12.4 Å². The topological polar surface area (TPSA) is 104 Å². The molecule has 2 N–H and O–H groups in total. The number of esters is 2. The van der Waals surface area contributed by atoms with Gasteiger partial charge in [0, 0.05) is 12.4 Å². The van der Waals surface area contributed by atoms with Crippen LogP contribution in [-0.2, 0) is 19.1 Å². The highest BCUT2D eigenvalue weighted by atomic mass is 32.2. The van der Waals surface area contributed by atoms with Crippen LogP contribution >= 0.6 is 11.8 Å². The maximum absolute atomic E-state index is 11.7. The second-order valence-electron chi connectivity index (χ2n) is 3.25. The SMILES string of the molecule is CCOC(=O)C(Sc1nccnc1N)C(=O)OCC. The molecular formula is C11H15N3O4S. The zero-order valence-electron chi connectivity index (χ0n) is 10.7. The molecule has 0 spiro atoms. The van der Waals surface area contributed by atoms with E-state index >= 15 is 0 Å². The third-order valence-corrected chi connectivity index (χ3v) is 3.08. The van der Waals surface area contributed by atoms with Gasteiger partial charge in [-0.05, 0) is 13.8 Å². The highest BCUT2D eigenvalue weighted by Crippen LogP contribution is 2.26. The summed E-state index contributed by atoms with van der Waals surface area (Å²) in [6.45, 7) is 3.65. The summed E-state index contributed by atoms with van der Waals surface area (Å²) >= 11 is 0.864. The highest BCUT2D eigenvalue weighted by molar-refractivity contribution is 8.01. The molecule has 1 rings (SSSR count). The summed E-state index contributed by atoms with van der Waals surface area (Å²) in [4.78, 5) is 31.3. The normalized spacial score (nSPS) is 10.3. The van der Waals surface area contributed by atoms with Gasteiger partial charge in [-0.3, -0.25) is 9.59 Å². The van der Waals surface area contributed by atoms with Crippen molar-refractivity contribution in [3.05, 3.63) is 12.4 Å². The van der Waals surface area contributed by atoms with Gasteiger partial charge in [-0.2, -0.15) is 0 Å². The van der Waals surface area contributed by atoms with Crippen LogP contribution in [-0.4, -0.2) is 40.4 Å². The smallest absolute Gasteiger partial charge is 0.331 e. The monoisotopic (exact) mass is 285 g/mol. The average molecular weight is 285 g/mol. The lowest BCUT2D eigenvalue weighted by molar-refractivity contribution is -0.152. The molecule has 0 unspecified atom stereocenters. The van der Waals surface area contributed by atoms with Crippen molar-refractivity contribution in [1.82, 2.24) is 9.97 Å². The number of thioether (sulfide) groups is 1. The Morgan fingerprint density at radius 2 is 1.74 bits per heavy atom. The molecule has 0 aliphatic heterocycles. The van der Waals surface area contributed by atoms with Gasteiger partial charge >= 0.3 is 11.9 Å². The molecule has 0 amide bonds. The first-order valence-electron chi connectivity index (χ1n) is 5.66. The lowest BCUT2D eigenvalue weighted by Gasteiger charge is -2.13. The van der Waals surface area contributed by atoms with E-state index < -0.39 is 17.2 Å². The summed E-state index contributed by atoms with van der Waals surface area (Å²) in [7, 11) is 0. The molecule has 0 saturated heterocycles. The molecule has 0 saturated carbocycles. The minimum atomic E-state index is -1.15. The van der Waals surface area contributed by atoms with E-state index in [2.05, 4.69) is 9.97 Å². The van der Waals surface area contributed by atoms with Gasteiger partial charge in [-0.25, -0.2) is 9.97 Å². The molecule has 0 atom stereocenters. The largest absolute Gasteiger partial charge is 0.465 e. The predicted octanol–water partition coefficient (Wildman–Crippen LogP) is 0.646. The molecule has 0 aliphatic rings. The van der Waals surface area contributed by atoms with Gasteiger partial charge in [0.15, 0.2) is 5.82 Å². The number of rotatable bonds is 6. The van der Waals surface area contributed by atoms with Crippen LogP contribution in [0, 0.1) is 0 Å². The minimum Gasteiger partial charge on any atom is -0.465 e. The maximum atomic E-state index is 11.7. The van der Waals surface area contributed by atoms with Gasteiger partial charge in [-0.1, -0.05) is 11.8 Å². The second kappa shape index (κ2) is 7.57. The number of nitrogens with two attached hydrogens (primary N) is 1. The fourth-order valence-electron chi connectivity index (χ4n) is 1.17. The molecular weight excluding hydrogens is 270 g/mol. The van der Waals surface area contributed by atoms with Crippen LogP contribution in [0.3, 0.4) is 0 Å². The minimum absolute atomic E-state index is 0.145. The summed E-state index contributed by atoms with van der Waals surface area (Å²) < 4.78 is 9.67. The van der Waals surface area contributed by atoms with Crippen LogP contribution in [0.15, 0.2) is 17.4 Å². The van der Waals surface area contributed by atoms with Crippen molar-refractivity contribution in [2.75, 3.05) is 18.9 Å². The molecule has 8 heteroatoms. The number of nitrogen functional groups attached to an aromatic ring is 1. The highest BCUT2D eigenvalue weighted by Gasteiger charge is 2.32. The molecule has 7 nitrogen and oxygen atoms in total. The van der Waals surface area contributed by atoms with Crippen LogP contribution in [0.4, 0.5) is 5.82 Å². The summed E-state index contributed by atoms with van der Waals surface area (Å²) in [5.74, 6) is -1.22. The number of hydrogen-bond acceptors (Lipinski definition) is 8. The quantitative estimate of drug-likeness (QED) is 0.461. The number of aromatic nitrogens is 2. The van der Waals surface area contributed by atoms with E-state index in [0.29, 0.717) is 0 Å². The van der Waals surface area contributed by atoms with E-state index in [1.807, 2.05) is 0 Å². The van der Waals surface area contributed by atoms with Crippen molar-refractivity contribution in [2.24, 2.45) is 0 Å². The van der Waals surface area contributed by atoms with Crippen molar-refractivity contribution >= 4 is 29.5 Å². The van der Waals surface area contributed by atoms with Crippen molar-refractivity contribution in [3.63, 3.8) is 0 Å². The Morgan fingerprint density at radius 1 is 1.21 bits per heavy atom. The molecule has 104 valence electrons. The number of ether oxygens (including phenoxy) is 2. The van der Waals surface area contributed by atoms with E-state index in [0.717, 1.165) is 11.8 Å². The average Bonchev–Trinajstić information content (AvgIpc) is 2.38. The van der Waals surface area contributed by atoms with Gasteiger partial charge in [-0.15, -0.1) is 0 Å². The fraction of sp³-hybridized carbons (Fsp3) is 0.455.